The van der Waals surface area contributed by atoms with E-state index in [9.17, 15) is 8.42 Å². The van der Waals surface area contributed by atoms with Crippen molar-refractivity contribution in [3.8, 4) is 0 Å². The van der Waals surface area contributed by atoms with Crippen molar-refractivity contribution in [1.29, 1.82) is 0 Å². The standard InChI is InChI=1S/C8H15IO5S/c1-8(2)13-6(4-9)7(14-8)5-12-15(3,10)11/h6-7H,4-5H2,1-3H3/t6-,7-/m0/s1. The fourth-order valence-corrected chi connectivity index (χ4v) is 2.50. The van der Waals surface area contributed by atoms with Gasteiger partial charge in [0.1, 0.15) is 6.10 Å². The highest BCUT2D eigenvalue weighted by molar-refractivity contribution is 14.1. The molecule has 0 amide bonds. The summed E-state index contributed by atoms with van der Waals surface area (Å²) in [4.78, 5) is 0. The third-order valence-corrected chi connectivity index (χ3v) is 3.32. The third-order valence-electron chi connectivity index (χ3n) is 1.88. The molecule has 0 bridgehead atoms. The van der Waals surface area contributed by atoms with Crippen LogP contribution in [-0.2, 0) is 23.8 Å². The summed E-state index contributed by atoms with van der Waals surface area (Å²) >= 11 is 2.17. The molecule has 90 valence electrons. The number of hydrogen-bond donors (Lipinski definition) is 0. The molecule has 0 aliphatic carbocycles. The molecule has 1 aliphatic rings. The first-order valence-corrected chi connectivity index (χ1v) is 7.84. The molecule has 1 fully saturated rings. The minimum atomic E-state index is -3.42. The van der Waals surface area contributed by atoms with Gasteiger partial charge in [0.15, 0.2) is 5.79 Å². The highest BCUT2D eigenvalue weighted by Crippen LogP contribution is 2.29. The summed E-state index contributed by atoms with van der Waals surface area (Å²) in [6.45, 7) is 3.61. The van der Waals surface area contributed by atoms with Crippen LogP contribution >= 0.6 is 22.6 Å². The van der Waals surface area contributed by atoms with Gasteiger partial charge >= 0.3 is 0 Å². The zero-order valence-electron chi connectivity index (χ0n) is 8.90. The van der Waals surface area contributed by atoms with Crippen LogP contribution in [-0.4, -0.2) is 43.7 Å². The molecule has 0 radical (unpaired) electrons. The molecule has 1 aliphatic heterocycles. The van der Waals surface area contributed by atoms with Crippen LogP contribution in [0, 0.1) is 0 Å². The van der Waals surface area contributed by atoms with Crippen molar-refractivity contribution < 1.29 is 22.1 Å². The van der Waals surface area contributed by atoms with Gasteiger partial charge in [-0.25, -0.2) is 0 Å². The highest BCUT2D eigenvalue weighted by atomic mass is 127. The van der Waals surface area contributed by atoms with Crippen molar-refractivity contribution in [3.05, 3.63) is 0 Å². The first-order chi connectivity index (χ1) is 6.73. The molecule has 0 saturated carbocycles. The Morgan fingerprint density at radius 1 is 1.33 bits per heavy atom. The van der Waals surface area contributed by atoms with E-state index in [4.69, 9.17) is 13.7 Å². The van der Waals surface area contributed by atoms with Crippen molar-refractivity contribution in [3.63, 3.8) is 0 Å². The highest BCUT2D eigenvalue weighted by Gasteiger charge is 2.41. The normalized spacial score (nSPS) is 30.7. The van der Waals surface area contributed by atoms with Gasteiger partial charge in [-0.15, -0.1) is 0 Å². The van der Waals surface area contributed by atoms with E-state index in [1.807, 2.05) is 0 Å². The maximum absolute atomic E-state index is 10.8. The van der Waals surface area contributed by atoms with E-state index in [1.165, 1.54) is 0 Å². The Morgan fingerprint density at radius 3 is 2.33 bits per heavy atom. The Hall–Kier alpha value is 0.560. The van der Waals surface area contributed by atoms with Gasteiger partial charge < -0.3 is 9.47 Å². The van der Waals surface area contributed by atoms with Crippen molar-refractivity contribution in [2.45, 2.75) is 31.8 Å². The molecule has 15 heavy (non-hydrogen) atoms. The molecule has 0 aromatic carbocycles. The fraction of sp³-hybridized carbons (Fsp3) is 1.00. The number of halogens is 1. The second-order valence-electron chi connectivity index (χ2n) is 3.86. The zero-order chi connectivity index (χ0) is 11.7. The molecule has 5 nitrogen and oxygen atoms in total. The van der Waals surface area contributed by atoms with Crippen molar-refractivity contribution >= 4 is 32.7 Å². The van der Waals surface area contributed by atoms with Crippen LogP contribution in [0.3, 0.4) is 0 Å². The summed E-state index contributed by atoms with van der Waals surface area (Å²) in [7, 11) is -3.42. The molecule has 1 saturated heterocycles. The Kier molecular flexibility index (Phi) is 4.38. The Balaban J connectivity index is 2.54. The Labute approximate surface area is 104 Å². The predicted molar refractivity (Wildman–Crippen MR) is 63.5 cm³/mol. The third kappa shape index (κ3) is 4.51. The summed E-state index contributed by atoms with van der Waals surface area (Å²) in [6, 6.07) is 0. The van der Waals surface area contributed by atoms with Crippen molar-refractivity contribution in [2.24, 2.45) is 0 Å². The van der Waals surface area contributed by atoms with E-state index in [1.54, 1.807) is 13.8 Å². The predicted octanol–water partition coefficient (Wildman–Crippen LogP) is 0.918. The van der Waals surface area contributed by atoms with Crippen LogP contribution in [0.2, 0.25) is 0 Å². The molecule has 2 atom stereocenters. The summed E-state index contributed by atoms with van der Waals surface area (Å²) in [5, 5.41) is 0. The van der Waals surface area contributed by atoms with Gasteiger partial charge in [-0.1, -0.05) is 22.6 Å². The van der Waals surface area contributed by atoms with Gasteiger partial charge in [0.25, 0.3) is 10.1 Å². The van der Waals surface area contributed by atoms with Gasteiger partial charge in [0.05, 0.1) is 19.0 Å². The monoisotopic (exact) mass is 350 g/mol. The van der Waals surface area contributed by atoms with Gasteiger partial charge in [0, 0.05) is 4.43 Å². The fourth-order valence-electron chi connectivity index (χ4n) is 1.37. The molecule has 0 unspecified atom stereocenters. The molecule has 7 heteroatoms. The molecular formula is C8H15IO5S. The SMILES string of the molecule is CC1(C)O[C@@H](CI)[C@H](COS(C)(=O)=O)O1. The maximum Gasteiger partial charge on any atom is 0.264 e. The Bertz CT molecular complexity index is 313. The van der Waals surface area contributed by atoms with Crippen LogP contribution in [0.15, 0.2) is 0 Å². The minimum absolute atomic E-state index is 0.00985. The van der Waals surface area contributed by atoms with E-state index in [-0.39, 0.29) is 18.8 Å². The van der Waals surface area contributed by atoms with E-state index in [0.717, 1.165) is 10.7 Å². The summed E-state index contributed by atoms with van der Waals surface area (Å²) < 4.78 is 38.2. The topological polar surface area (TPSA) is 61.8 Å². The molecule has 0 spiro atoms. The quantitative estimate of drug-likeness (QED) is 0.429. The summed E-state index contributed by atoms with van der Waals surface area (Å²) in [6.07, 6.45) is 0.571. The average molecular weight is 350 g/mol. The molecule has 0 aromatic heterocycles. The smallest absolute Gasteiger partial charge is 0.264 e. The lowest BCUT2D eigenvalue weighted by atomic mass is 10.2. The molecule has 1 rings (SSSR count). The van der Waals surface area contributed by atoms with Crippen LogP contribution in [0.1, 0.15) is 13.8 Å². The van der Waals surface area contributed by atoms with Crippen molar-refractivity contribution in [1.82, 2.24) is 0 Å². The summed E-state index contributed by atoms with van der Waals surface area (Å²) in [5.41, 5.74) is 0. The van der Waals surface area contributed by atoms with Crippen LogP contribution in [0.25, 0.3) is 0 Å². The first-order valence-electron chi connectivity index (χ1n) is 4.49. The first kappa shape index (κ1) is 13.6. The second-order valence-corrected chi connectivity index (χ2v) is 6.38. The maximum atomic E-state index is 10.8. The minimum Gasteiger partial charge on any atom is -0.344 e. The summed E-state index contributed by atoms with van der Waals surface area (Å²) in [5.74, 6) is -0.665. The van der Waals surface area contributed by atoms with Crippen LogP contribution < -0.4 is 0 Å². The van der Waals surface area contributed by atoms with Gasteiger partial charge in [-0.2, -0.15) is 8.42 Å². The van der Waals surface area contributed by atoms with Gasteiger partial charge in [0.2, 0.25) is 0 Å². The molecule has 1 heterocycles. The van der Waals surface area contributed by atoms with E-state index < -0.39 is 15.9 Å². The van der Waals surface area contributed by atoms with E-state index >= 15 is 0 Å². The lowest BCUT2D eigenvalue weighted by molar-refractivity contribution is -0.146. The number of rotatable bonds is 4. The number of ether oxygens (including phenoxy) is 2. The number of alkyl halides is 1. The van der Waals surface area contributed by atoms with Gasteiger partial charge in [-0.3, -0.25) is 4.18 Å². The molecule has 0 N–H and O–H groups in total. The lowest BCUT2D eigenvalue weighted by Crippen LogP contribution is -2.29. The van der Waals surface area contributed by atoms with E-state index in [2.05, 4.69) is 22.6 Å². The lowest BCUT2D eigenvalue weighted by Gasteiger charge is -2.16. The zero-order valence-corrected chi connectivity index (χ0v) is 11.9. The number of hydrogen-bond acceptors (Lipinski definition) is 5. The van der Waals surface area contributed by atoms with E-state index in [0.29, 0.717) is 0 Å². The second kappa shape index (κ2) is 4.82. The molecule has 0 aromatic rings. The van der Waals surface area contributed by atoms with Crippen LogP contribution in [0.4, 0.5) is 0 Å². The molecular weight excluding hydrogens is 335 g/mol. The van der Waals surface area contributed by atoms with Crippen molar-refractivity contribution in [2.75, 3.05) is 17.3 Å². The Morgan fingerprint density at radius 2 is 1.87 bits per heavy atom. The largest absolute Gasteiger partial charge is 0.344 e. The van der Waals surface area contributed by atoms with Crippen LogP contribution in [0.5, 0.6) is 0 Å². The van der Waals surface area contributed by atoms with Gasteiger partial charge in [-0.05, 0) is 13.8 Å². The average Bonchev–Trinajstić information content (AvgIpc) is 2.36.